The van der Waals surface area contributed by atoms with E-state index in [1.54, 1.807) is 6.92 Å². The number of carbonyl (C=O) groups is 1. The van der Waals surface area contributed by atoms with Gasteiger partial charge in [-0.15, -0.1) is 0 Å². The first-order chi connectivity index (χ1) is 12.4. The molecule has 4 aliphatic carbocycles. The highest BCUT2D eigenvalue weighted by molar-refractivity contribution is 5.80. The molecular weight excluding hydrogens is 348 g/mol. The average molecular weight is 380 g/mol. The third-order valence-corrected chi connectivity index (χ3v) is 8.96. The number of Topliss-reactive ketones (excluding diaryl/α,β-unsaturated/α-hetero) is 1. The maximum Gasteiger partial charge on any atom is 0.133 e. The van der Waals surface area contributed by atoms with Crippen LogP contribution in [0.3, 0.4) is 0 Å². The molecule has 0 heterocycles. The van der Waals surface area contributed by atoms with Crippen molar-refractivity contribution in [2.45, 2.75) is 88.8 Å². The summed E-state index contributed by atoms with van der Waals surface area (Å²) in [5.41, 5.74) is -4.17. The van der Waals surface area contributed by atoms with Gasteiger partial charge in [0.2, 0.25) is 0 Å². The monoisotopic (exact) mass is 380 g/mol. The molecule has 0 aliphatic heterocycles. The Hall–Kier alpha value is -0.790. The van der Waals surface area contributed by atoms with Crippen LogP contribution in [0.4, 0.5) is 0 Å². The van der Waals surface area contributed by atoms with Gasteiger partial charge in [0, 0.05) is 17.3 Å². The van der Waals surface area contributed by atoms with Crippen molar-refractivity contribution >= 4 is 5.78 Å². The Morgan fingerprint density at radius 3 is 2.37 bits per heavy atom. The van der Waals surface area contributed by atoms with Gasteiger partial charge in [0.15, 0.2) is 0 Å². The molecule has 6 heteroatoms. The van der Waals surface area contributed by atoms with Crippen molar-refractivity contribution in [2.24, 2.45) is 22.7 Å². The number of hydrogen-bond donors (Lipinski definition) is 5. The third kappa shape index (κ3) is 2.06. The van der Waals surface area contributed by atoms with Crippen LogP contribution in [0.15, 0.2) is 11.6 Å². The molecule has 9 atom stereocenters. The molecule has 0 amide bonds. The van der Waals surface area contributed by atoms with E-state index in [9.17, 15) is 30.3 Å². The van der Waals surface area contributed by atoms with Crippen molar-refractivity contribution < 1.29 is 30.3 Å². The molecule has 9 unspecified atom stereocenters. The van der Waals surface area contributed by atoms with E-state index in [-0.39, 0.29) is 18.6 Å². The van der Waals surface area contributed by atoms with Gasteiger partial charge in [-0.1, -0.05) is 25.5 Å². The first kappa shape index (κ1) is 19.5. The van der Waals surface area contributed by atoms with Crippen LogP contribution in [0.5, 0.6) is 0 Å². The van der Waals surface area contributed by atoms with Gasteiger partial charge in [0.05, 0.1) is 18.3 Å². The molecule has 152 valence electrons. The minimum atomic E-state index is -1.65. The number of aliphatic hydroxyl groups is 5. The molecule has 0 saturated heterocycles. The second kappa shape index (κ2) is 5.63. The normalized spacial score (nSPS) is 57.3. The lowest BCUT2D eigenvalue weighted by Crippen LogP contribution is -2.79. The maximum atomic E-state index is 12.3. The van der Waals surface area contributed by atoms with Gasteiger partial charge in [-0.2, -0.15) is 0 Å². The second-order valence-corrected chi connectivity index (χ2v) is 9.90. The van der Waals surface area contributed by atoms with E-state index in [2.05, 4.69) is 0 Å². The topological polar surface area (TPSA) is 118 Å². The van der Waals surface area contributed by atoms with Crippen molar-refractivity contribution in [3.63, 3.8) is 0 Å². The second-order valence-electron chi connectivity index (χ2n) is 9.90. The van der Waals surface area contributed by atoms with E-state index in [4.69, 9.17) is 0 Å². The van der Waals surface area contributed by atoms with Crippen molar-refractivity contribution in [3.05, 3.63) is 11.6 Å². The molecule has 0 aromatic rings. The van der Waals surface area contributed by atoms with Crippen LogP contribution < -0.4 is 0 Å². The molecule has 0 aromatic carbocycles. The predicted octanol–water partition coefficient (Wildman–Crippen LogP) is 0.687. The molecule has 4 aliphatic rings. The Morgan fingerprint density at radius 2 is 1.74 bits per heavy atom. The lowest BCUT2D eigenvalue weighted by atomic mass is 9.41. The number of ketones is 1. The predicted molar refractivity (Wildman–Crippen MR) is 97.6 cm³/mol. The highest BCUT2D eigenvalue weighted by atomic mass is 16.4. The zero-order chi connectivity index (χ0) is 20.0. The van der Waals surface area contributed by atoms with Crippen LogP contribution in [0.25, 0.3) is 0 Å². The Labute approximate surface area is 159 Å². The summed E-state index contributed by atoms with van der Waals surface area (Å²) in [5, 5.41) is 56.2. The first-order valence-electron chi connectivity index (χ1n) is 10.1. The summed E-state index contributed by atoms with van der Waals surface area (Å²) < 4.78 is 0. The third-order valence-electron chi connectivity index (χ3n) is 8.96. The van der Waals surface area contributed by atoms with Crippen LogP contribution in [0.1, 0.15) is 59.3 Å². The van der Waals surface area contributed by atoms with E-state index in [0.29, 0.717) is 25.7 Å². The molecule has 0 radical (unpaired) electrons. The summed E-state index contributed by atoms with van der Waals surface area (Å²) in [5.74, 6) is -1.49. The molecule has 3 saturated carbocycles. The van der Waals surface area contributed by atoms with Crippen molar-refractivity contribution in [2.75, 3.05) is 0 Å². The van der Waals surface area contributed by atoms with E-state index in [1.165, 1.54) is 6.92 Å². The lowest BCUT2D eigenvalue weighted by molar-refractivity contribution is -0.331. The Morgan fingerprint density at radius 1 is 1.07 bits per heavy atom. The quantitative estimate of drug-likeness (QED) is 0.427. The summed E-state index contributed by atoms with van der Waals surface area (Å²) in [6.45, 7) is 5.05. The fourth-order valence-corrected chi connectivity index (χ4v) is 7.48. The zero-order valence-corrected chi connectivity index (χ0v) is 16.4. The van der Waals surface area contributed by atoms with Crippen LogP contribution in [-0.4, -0.2) is 60.8 Å². The van der Waals surface area contributed by atoms with Crippen molar-refractivity contribution in [3.8, 4) is 0 Å². The van der Waals surface area contributed by atoms with E-state index in [0.717, 1.165) is 5.57 Å². The van der Waals surface area contributed by atoms with Gasteiger partial charge in [-0.3, -0.25) is 4.79 Å². The Balaban J connectivity index is 1.89. The van der Waals surface area contributed by atoms with E-state index in [1.807, 2.05) is 13.0 Å². The van der Waals surface area contributed by atoms with Crippen LogP contribution in [0, 0.1) is 22.7 Å². The van der Waals surface area contributed by atoms with Gasteiger partial charge >= 0.3 is 0 Å². The summed E-state index contributed by atoms with van der Waals surface area (Å²) in [6.07, 6.45) is 1.16. The molecule has 6 nitrogen and oxygen atoms in total. The molecule has 4 rings (SSSR count). The van der Waals surface area contributed by atoms with Gasteiger partial charge in [0.1, 0.15) is 17.0 Å². The molecule has 0 aromatic heterocycles. The van der Waals surface area contributed by atoms with Crippen LogP contribution in [0.2, 0.25) is 0 Å². The number of hydrogen-bond acceptors (Lipinski definition) is 6. The summed E-state index contributed by atoms with van der Waals surface area (Å²) in [6, 6.07) is 0. The Bertz CT molecular complexity index is 705. The van der Waals surface area contributed by atoms with Crippen LogP contribution in [-0.2, 0) is 4.79 Å². The largest absolute Gasteiger partial charge is 0.390 e. The lowest BCUT2D eigenvalue weighted by Gasteiger charge is -2.68. The molecular formula is C21H32O6. The first-order valence-corrected chi connectivity index (χ1v) is 10.1. The smallest absolute Gasteiger partial charge is 0.133 e. The van der Waals surface area contributed by atoms with Gasteiger partial charge in [-0.25, -0.2) is 0 Å². The van der Waals surface area contributed by atoms with Crippen LogP contribution >= 0.6 is 0 Å². The summed E-state index contributed by atoms with van der Waals surface area (Å²) >= 11 is 0. The number of fused-ring (bicyclic) bond motifs is 5. The molecule has 0 spiro atoms. The van der Waals surface area contributed by atoms with Crippen molar-refractivity contribution in [1.82, 2.24) is 0 Å². The fraction of sp³-hybridized carbons (Fsp3) is 0.857. The summed E-state index contributed by atoms with van der Waals surface area (Å²) in [7, 11) is 0. The maximum absolute atomic E-state index is 12.3. The minimum absolute atomic E-state index is 0.134. The molecule has 0 bridgehead atoms. The van der Waals surface area contributed by atoms with Gasteiger partial charge in [0.25, 0.3) is 0 Å². The van der Waals surface area contributed by atoms with E-state index < -0.39 is 52.2 Å². The number of allylic oxidation sites excluding steroid dienone is 1. The summed E-state index contributed by atoms with van der Waals surface area (Å²) in [4.78, 5) is 12.3. The zero-order valence-electron chi connectivity index (χ0n) is 16.4. The standard InChI is InChI=1S/C21H32O6/c1-11(22)14-6-9-21(27)19(14,3)17(25)15(24)16-18(2)7-5-13(23)10-12(18)4-8-20(16,21)26/h10,13-17,23-27H,4-9H2,1-3H3. The molecule has 5 N–H and O–H groups in total. The molecule has 3 fully saturated rings. The van der Waals surface area contributed by atoms with E-state index >= 15 is 0 Å². The number of carbonyl (C=O) groups excluding carboxylic acids is 1. The number of aliphatic hydroxyl groups excluding tert-OH is 3. The molecule has 27 heavy (non-hydrogen) atoms. The SMILES string of the molecule is CC(=O)C1CCC2(O)C3(O)CCC4=CC(O)CCC4(C)C3C(O)C(O)C12C. The minimum Gasteiger partial charge on any atom is -0.390 e. The van der Waals surface area contributed by atoms with Gasteiger partial charge < -0.3 is 25.5 Å². The van der Waals surface area contributed by atoms with Crippen molar-refractivity contribution in [1.29, 1.82) is 0 Å². The average Bonchev–Trinajstić information content (AvgIpc) is 2.88. The Kier molecular flexibility index (Phi) is 4.07. The highest BCUT2D eigenvalue weighted by Gasteiger charge is 2.78. The number of rotatable bonds is 1. The highest BCUT2D eigenvalue weighted by Crippen LogP contribution is 2.69. The van der Waals surface area contributed by atoms with Gasteiger partial charge in [-0.05, 0) is 50.9 Å². The fourth-order valence-electron chi connectivity index (χ4n) is 7.48.